The fourth-order valence-electron chi connectivity index (χ4n) is 4.60. The van der Waals surface area contributed by atoms with E-state index in [1.807, 2.05) is 12.1 Å². The quantitative estimate of drug-likeness (QED) is 0.122. The first-order chi connectivity index (χ1) is 19.4. The number of aromatic hydroxyl groups is 1. The molecule has 9 heteroatoms. The summed E-state index contributed by atoms with van der Waals surface area (Å²) in [7, 11) is 3.26. The molecule has 0 aliphatic heterocycles. The van der Waals surface area contributed by atoms with E-state index >= 15 is 0 Å². The molecule has 0 bridgehead atoms. The van der Waals surface area contributed by atoms with E-state index in [0.29, 0.717) is 51.3 Å². The fourth-order valence-corrected chi connectivity index (χ4v) is 4.60. The summed E-state index contributed by atoms with van der Waals surface area (Å²) in [6.07, 6.45) is 8.07. The minimum Gasteiger partial charge on any atom is -0.507 e. The van der Waals surface area contributed by atoms with Gasteiger partial charge in [0.2, 0.25) is 0 Å². The molecular weight excluding hydrogens is 514 g/mol. The van der Waals surface area contributed by atoms with E-state index in [0.717, 1.165) is 49.7 Å². The minimum atomic E-state index is -0.500. The van der Waals surface area contributed by atoms with Gasteiger partial charge in [-0.15, -0.1) is 0 Å². The van der Waals surface area contributed by atoms with Gasteiger partial charge in [-0.25, -0.2) is 4.79 Å². The van der Waals surface area contributed by atoms with E-state index in [2.05, 4.69) is 26.8 Å². The molecule has 1 amide bonds. The van der Waals surface area contributed by atoms with Crippen molar-refractivity contribution >= 4 is 6.09 Å². The molecule has 1 N–H and O–H groups in total. The van der Waals surface area contributed by atoms with E-state index < -0.39 is 6.09 Å². The number of hydrogen-bond donors (Lipinski definition) is 1. The number of nitrogens with zero attached hydrogens (tertiary/aromatic N) is 1. The standard InChI is InChI=1S/C31H51NO8/c1-6-7-8-9-26-21-28(33)30(27-20-24(2)10-11-25(27)3)29(22-26)40-23-32(4)31(34)39-19-18-38-17-16-37-15-14-36-13-12-35-5/h20-22,25,27,33H,6-19,23H2,1-5H3. The molecule has 2 rings (SSSR count). The fraction of sp³-hybridized carbons (Fsp3) is 0.710. The molecule has 0 aromatic heterocycles. The number of ether oxygens (including phenoxy) is 6. The Morgan fingerprint density at radius 3 is 2.30 bits per heavy atom. The molecule has 40 heavy (non-hydrogen) atoms. The highest BCUT2D eigenvalue weighted by atomic mass is 16.6. The van der Waals surface area contributed by atoms with Gasteiger partial charge in [0.25, 0.3) is 0 Å². The van der Waals surface area contributed by atoms with E-state index in [-0.39, 0.29) is 31.6 Å². The van der Waals surface area contributed by atoms with Crippen LogP contribution in [0.15, 0.2) is 23.8 Å². The van der Waals surface area contributed by atoms with Crippen LogP contribution in [-0.2, 0) is 30.1 Å². The molecule has 0 saturated carbocycles. The zero-order chi connectivity index (χ0) is 29.2. The topological polar surface area (TPSA) is 95.9 Å². The molecule has 228 valence electrons. The van der Waals surface area contributed by atoms with Crippen molar-refractivity contribution in [1.29, 1.82) is 0 Å². The Bertz CT molecular complexity index is 890. The van der Waals surface area contributed by atoms with Crippen molar-refractivity contribution in [2.45, 2.75) is 65.2 Å². The van der Waals surface area contributed by atoms with Crippen LogP contribution in [-0.4, -0.2) is 89.8 Å². The number of phenolic OH excluding ortho intramolecular Hbond substituents is 1. The van der Waals surface area contributed by atoms with E-state index in [1.165, 1.54) is 10.5 Å². The summed E-state index contributed by atoms with van der Waals surface area (Å²) in [4.78, 5) is 13.9. The zero-order valence-electron chi connectivity index (χ0n) is 25.2. The molecule has 1 aliphatic rings. The van der Waals surface area contributed by atoms with Gasteiger partial charge in [-0.2, -0.15) is 0 Å². The monoisotopic (exact) mass is 565 g/mol. The summed E-state index contributed by atoms with van der Waals surface area (Å²) in [5.41, 5.74) is 3.16. The Morgan fingerprint density at radius 2 is 1.65 bits per heavy atom. The van der Waals surface area contributed by atoms with Gasteiger partial charge >= 0.3 is 6.09 Å². The van der Waals surface area contributed by atoms with Crippen LogP contribution < -0.4 is 4.74 Å². The first kappa shape index (κ1) is 33.9. The number of hydrogen-bond acceptors (Lipinski definition) is 8. The summed E-state index contributed by atoms with van der Waals surface area (Å²) in [6, 6.07) is 3.90. The number of rotatable bonds is 20. The van der Waals surface area contributed by atoms with Crippen LogP contribution in [0.5, 0.6) is 11.5 Å². The lowest BCUT2D eigenvalue weighted by Crippen LogP contribution is -2.32. The number of carbonyl (C=O) groups excluding carboxylic acids is 1. The molecule has 2 unspecified atom stereocenters. The van der Waals surface area contributed by atoms with Crippen molar-refractivity contribution < 1.29 is 38.3 Å². The number of amides is 1. The van der Waals surface area contributed by atoms with E-state index in [4.69, 9.17) is 28.4 Å². The highest BCUT2D eigenvalue weighted by molar-refractivity contribution is 5.67. The largest absolute Gasteiger partial charge is 0.507 e. The molecule has 0 radical (unpaired) electrons. The predicted molar refractivity (Wildman–Crippen MR) is 155 cm³/mol. The Morgan fingerprint density at radius 1 is 1.00 bits per heavy atom. The van der Waals surface area contributed by atoms with Crippen molar-refractivity contribution in [2.75, 3.05) is 73.7 Å². The van der Waals surface area contributed by atoms with Gasteiger partial charge in [-0.05, 0) is 56.2 Å². The Hall–Kier alpha value is -2.33. The highest BCUT2D eigenvalue weighted by Gasteiger charge is 2.28. The third kappa shape index (κ3) is 12.5. The summed E-state index contributed by atoms with van der Waals surface area (Å²) < 4.78 is 32.6. The predicted octanol–water partition coefficient (Wildman–Crippen LogP) is 5.69. The average molecular weight is 566 g/mol. The third-order valence-electron chi connectivity index (χ3n) is 7.01. The zero-order valence-corrected chi connectivity index (χ0v) is 25.2. The van der Waals surface area contributed by atoms with Crippen molar-refractivity contribution in [2.24, 2.45) is 5.92 Å². The molecule has 1 aromatic carbocycles. The van der Waals surface area contributed by atoms with Gasteiger partial charge in [-0.3, -0.25) is 4.90 Å². The van der Waals surface area contributed by atoms with Gasteiger partial charge in [0.15, 0.2) is 6.73 Å². The second kappa shape index (κ2) is 19.7. The van der Waals surface area contributed by atoms with Crippen molar-refractivity contribution in [1.82, 2.24) is 4.90 Å². The maximum atomic E-state index is 12.5. The summed E-state index contributed by atoms with van der Waals surface area (Å²) in [6.45, 7) is 9.90. The molecule has 0 heterocycles. The molecule has 2 atom stereocenters. The van der Waals surface area contributed by atoms with Crippen molar-refractivity contribution in [3.05, 3.63) is 34.9 Å². The average Bonchev–Trinajstić information content (AvgIpc) is 2.93. The van der Waals surface area contributed by atoms with Crippen LogP contribution in [0.4, 0.5) is 4.79 Å². The number of allylic oxidation sites excluding steroid dienone is 2. The molecule has 0 fully saturated rings. The van der Waals surface area contributed by atoms with Gasteiger partial charge in [-0.1, -0.05) is 38.3 Å². The normalized spacial score (nSPS) is 17.0. The third-order valence-corrected chi connectivity index (χ3v) is 7.01. The highest BCUT2D eigenvalue weighted by Crippen LogP contribution is 2.44. The molecule has 1 aliphatic carbocycles. The summed E-state index contributed by atoms with van der Waals surface area (Å²) >= 11 is 0. The Kier molecular flexibility index (Phi) is 16.7. The SMILES string of the molecule is CCCCCc1cc(O)c(C2C=C(C)CCC2C)c(OCN(C)C(=O)OCCOCCOCCOCCOC)c1. The number of aryl methyl sites for hydroxylation is 1. The van der Waals surface area contributed by atoms with Gasteiger partial charge < -0.3 is 33.5 Å². The van der Waals surface area contributed by atoms with Gasteiger partial charge in [0, 0.05) is 25.6 Å². The lowest BCUT2D eigenvalue weighted by molar-refractivity contribution is -0.00470. The van der Waals surface area contributed by atoms with Crippen LogP contribution in [0.1, 0.15) is 69.9 Å². The van der Waals surface area contributed by atoms with Crippen LogP contribution in [0.3, 0.4) is 0 Å². The number of unbranched alkanes of at least 4 members (excludes halogenated alkanes) is 2. The second-order valence-corrected chi connectivity index (χ2v) is 10.5. The summed E-state index contributed by atoms with van der Waals surface area (Å²) in [5, 5.41) is 11.1. The Labute approximate surface area is 240 Å². The van der Waals surface area contributed by atoms with Crippen molar-refractivity contribution in [3.63, 3.8) is 0 Å². The number of methoxy groups -OCH3 is 1. The molecule has 0 saturated heterocycles. The summed E-state index contributed by atoms with van der Waals surface area (Å²) in [5.74, 6) is 1.33. The van der Waals surface area contributed by atoms with Gasteiger partial charge in [0.05, 0.1) is 46.2 Å². The first-order valence-electron chi connectivity index (χ1n) is 14.6. The maximum absolute atomic E-state index is 12.5. The van der Waals surface area contributed by atoms with Crippen LogP contribution in [0.2, 0.25) is 0 Å². The molecule has 1 aromatic rings. The second-order valence-electron chi connectivity index (χ2n) is 10.5. The lowest BCUT2D eigenvalue weighted by atomic mass is 9.77. The van der Waals surface area contributed by atoms with Crippen LogP contribution >= 0.6 is 0 Å². The van der Waals surface area contributed by atoms with Crippen LogP contribution in [0.25, 0.3) is 0 Å². The molecular formula is C31H51NO8. The lowest BCUT2D eigenvalue weighted by Gasteiger charge is -2.30. The van der Waals surface area contributed by atoms with E-state index in [1.54, 1.807) is 14.2 Å². The van der Waals surface area contributed by atoms with Crippen LogP contribution in [0, 0.1) is 5.92 Å². The first-order valence-corrected chi connectivity index (χ1v) is 14.6. The number of phenols is 1. The van der Waals surface area contributed by atoms with Gasteiger partial charge in [0.1, 0.15) is 18.1 Å². The maximum Gasteiger partial charge on any atom is 0.412 e. The van der Waals surface area contributed by atoms with Crippen molar-refractivity contribution in [3.8, 4) is 11.5 Å². The van der Waals surface area contributed by atoms with E-state index in [9.17, 15) is 9.90 Å². The number of benzene rings is 1. The molecule has 0 spiro atoms. The Balaban J connectivity index is 1.83. The molecule has 9 nitrogen and oxygen atoms in total. The number of carbonyl (C=O) groups is 1. The smallest absolute Gasteiger partial charge is 0.412 e. The minimum absolute atomic E-state index is 0.00856.